The van der Waals surface area contributed by atoms with Crippen molar-refractivity contribution in [3.05, 3.63) is 59.3 Å². The zero-order valence-corrected chi connectivity index (χ0v) is 16.7. The van der Waals surface area contributed by atoms with E-state index in [1.165, 1.54) is 12.8 Å². The number of amides is 1. The van der Waals surface area contributed by atoms with Gasteiger partial charge < -0.3 is 20.7 Å². The second kappa shape index (κ2) is 12.1. The highest BCUT2D eigenvalue weighted by atomic mass is 16.5. The van der Waals surface area contributed by atoms with Crippen molar-refractivity contribution in [1.29, 1.82) is 0 Å². The minimum absolute atomic E-state index is 0.0556. The summed E-state index contributed by atoms with van der Waals surface area (Å²) in [4.78, 5) is 22.6. The van der Waals surface area contributed by atoms with E-state index in [0.29, 0.717) is 11.3 Å². The fourth-order valence-corrected chi connectivity index (χ4v) is 3.29. The fourth-order valence-electron chi connectivity index (χ4n) is 3.29. The molecule has 6 nitrogen and oxygen atoms in total. The van der Waals surface area contributed by atoms with Crippen molar-refractivity contribution in [2.75, 3.05) is 33.9 Å². The number of carbonyl (C=O) groups is 2. The van der Waals surface area contributed by atoms with Gasteiger partial charge in [-0.2, -0.15) is 0 Å². The molecular formula is C22H31N3O3. The molecule has 0 bridgehead atoms. The maximum Gasteiger partial charge on any atom is 0.267 e. The molecule has 1 fully saturated rings. The number of hydrogen-bond donors (Lipinski definition) is 3. The molecule has 2 heterocycles. The van der Waals surface area contributed by atoms with Crippen molar-refractivity contribution in [2.24, 2.45) is 5.92 Å². The Kier molecular flexibility index (Phi) is 9.45. The molecule has 3 rings (SSSR count). The summed E-state index contributed by atoms with van der Waals surface area (Å²) in [6.45, 7) is 3.09. The van der Waals surface area contributed by atoms with Gasteiger partial charge in [0.15, 0.2) is 0 Å². The first-order valence-electron chi connectivity index (χ1n) is 9.79. The van der Waals surface area contributed by atoms with E-state index in [9.17, 15) is 9.59 Å². The minimum Gasteiger partial charge on any atom is -0.381 e. The summed E-state index contributed by atoms with van der Waals surface area (Å²) in [5.74, 6) is 0.647. The SMILES string of the molecule is CNC(=O)C1=CC(C=O)=CC(Cc2ccccc2)N1.CNCC1CCOCC1. The first-order valence-corrected chi connectivity index (χ1v) is 9.79. The number of ether oxygens (including phenoxy) is 1. The van der Waals surface area contributed by atoms with Gasteiger partial charge in [0.1, 0.15) is 12.0 Å². The molecule has 152 valence electrons. The van der Waals surface area contributed by atoms with E-state index in [1.807, 2.05) is 43.5 Å². The molecule has 1 saturated heterocycles. The maximum absolute atomic E-state index is 11.6. The Balaban J connectivity index is 0.000000261. The number of rotatable bonds is 6. The van der Waals surface area contributed by atoms with Crippen LogP contribution in [0.3, 0.4) is 0 Å². The average molecular weight is 386 g/mol. The summed E-state index contributed by atoms with van der Waals surface area (Å²) >= 11 is 0. The molecule has 6 heteroatoms. The number of likely N-dealkylation sites (N-methyl/N-ethyl adjacent to an activating group) is 1. The molecule has 2 aliphatic rings. The van der Waals surface area contributed by atoms with Crippen LogP contribution in [0.1, 0.15) is 18.4 Å². The standard InChI is InChI=1S/C15H16N2O2.C7H15NO/c1-16-15(19)14-9-12(10-18)8-13(17-14)7-11-5-3-2-4-6-11;1-8-6-7-2-4-9-5-3-7/h2-6,8-10,13,17H,7H2,1H3,(H,16,19);7-8H,2-6H2,1H3. The molecule has 3 N–H and O–H groups in total. The number of nitrogens with one attached hydrogen (secondary N) is 3. The molecule has 2 aliphatic heterocycles. The maximum atomic E-state index is 11.6. The summed E-state index contributed by atoms with van der Waals surface area (Å²) in [5, 5.41) is 8.86. The average Bonchev–Trinajstić information content (AvgIpc) is 2.75. The predicted molar refractivity (Wildman–Crippen MR) is 111 cm³/mol. The lowest BCUT2D eigenvalue weighted by Gasteiger charge is -2.22. The molecule has 1 amide bonds. The number of dihydropyridines is 1. The van der Waals surface area contributed by atoms with Crippen LogP contribution >= 0.6 is 0 Å². The quantitative estimate of drug-likeness (QED) is 0.648. The van der Waals surface area contributed by atoms with Gasteiger partial charge in [-0.05, 0) is 50.4 Å². The van der Waals surface area contributed by atoms with Gasteiger partial charge in [0.05, 0.1) is 0 Å². The van der Waals surface area contributed by atoms with Gasteiger partial charge >= 0.3 is 0 Å². The van der Waals surface area contributed by atoms with Crippen molar-refractivity contribution >= 4 is 12.2 Å². The van der Waals surface area contributed by atoms with Crippen LogP contribution in [-0.4, -0.2) is 52.1 Å². The molecule has 1 aromatic carbocycles. The van der Waals surface area contributed by atoms with Crippen molar-refractivity contribution < 1.29 is 14.3 Å². The molecule has 0 radical (unpaired) electrons. The summed E-state index contributed by atoms with van der Waals surface area (Å²) in [6, 6.07) is 9.89. The highest BCUT2D eigenvalue weighted by Gasteiger charge is 2.18. The number of benzene rings is 1. The number of allylic oxidation sites excluding steroid dienone is 2. The molecule has 0 aliphatic carbocycles. The van der Waals surface area contributed by atoms with Gasteiger partial charge in [-0.3, -0.25) is 9.59 Å². The van der Waals surface area contributed by atoms with Crippen LogP contribution in [-0.2, 0) is 20.7 Å². The molecule has 0 aromatic heterocycles. The number of aldehydes is 1. The summed E-state index contributed by atoms with van der Waals surface area (Å²) < 4.78 is 5.22. The lowest BCUT2D eigenvalue weighted by atomic mass is 10.00. The molecular weight excluding hydrogens is 354 g/mol. The zero-order valence-electron chi connectivity index (χ0n) is 16.7. The first kappa shape index (κ1) is 21.9. The van der Waals surface area contributed by atoms with Crippen molar-refractivity contribution in [3.8, 4) is 0 Å². The van der Waals surface area contributed by atoms with E-state index in [2.05, 4.69) is 16.0 Å². The third-order valence-corrected chi connectivity index (χ3v) is 4.79. The van der Waals surface area contributed by atoms with Gasteiger partial charge in [0.2, 0.25) is 0 Å². The Labute approximate surface area is 167 Å². The van der Waals surface area contributed by atoms with E-state index in [4.69, 9.17) is 4.74 Å². The van der Waals surface area contributed by atoms with Crippen LogP contribution in [0.2, 0.25) is 0 Å². The Morgan fingerprint density at radius 1 is 1.21 bits per heavy atom. The largest absolute Gasteiger partial charge is 0.381 e. The second-order valence-corrected chi connectivity index (χ2v) is 6.98. The normalized spacial score (nSPS) is 19.3. The highest BCUT2D eigenvalue weighted by Crippen LogP contribution is 2.14. The van der Waals surface area contributed by atoms with Gasteiger partial charge in [0.25, 0.3) is 5.91 Å². The molecule has 0 saturated carbocycles. The third-order valence-electron chi connectivity index (χ3n) is 4.79. The van der Waals surface area contributed by atoms with E-state index >= 15 is 0 Å². The van der Waals surface area contributed by atoms with Gasteiger partial charge in [0, 0.05) is 31.9 Å². The molecule has 1 aromatic rings. The lowest BCUT2D eigenvalue weighted by molar-refractivity contribution is -0.117. The third kappa shape index (κ3) is 7.29. The topological polar surface area (TPSA) is 79.5 Å². The highest BCUT2D eigenvalue weighted by molar-refractivity contribution is 5.95. The molecule has 1 atom stereocenters. The van der Waals surface area contributed by atoms with Crippen LogP contribution in [0, 0.1) is 5.92 Å². The summed E-state index contributed by atoms with van der Waals surface area (Å²) in [6.07, 6.45) is 7.37. The van der Waals surface area contributed by atoms with Gasteiger partial charge in [-0.1, -0.05) is 36.4 Å². The van der Waals surface area contributed by atoms with E-state index in [1.54, 1.807) is 13.1 Å². The number of hydrogen-bond acceptors (Lipinski definition) is 5. The molecule has 28 heavy (non-hydrogen) atoms. The summed E-state index contributed by atoms with van der Waals surface area (Å²) in [7, 11) is 3.57. The molecule has 1 unspecified atom stereocenters. The Morgan fingerprint density at radius 3 is 2.54 bits per heavy atom. The Morgan fingerprint density at radius 2 is 1.93 bits per heavy atom. The van der Waals surface area contributed by atoms with E-state index < -0.39 is 0 Å². The smallest absolute Gasteiger partial charge is 0.267 e. The second-order valence-electron chi connectivity index (χ2n) is 6.98. The van der Waals surface area contributed by atoms with E-state index in [-0.39, 0.29) is 11.9 Å². The first-order chi connectivity index (χ1) is 13.7. The Hall–Kier alpha value is -2.44. The summed E-state index contributed by atoms with van der Waals surface area (Å²) in [5.41, 5.74) is 2.10. The number of carbonyl (C=O) groups excluding carboxylic acids is 2. The monoisotopic (exact) mass is 385 g/mol. The van der Waals surface area contributed by atoms with Crippen LogP contribution < -0.4 is 16.0 Å². The van der Waals surface area contributed by atoms with Crippen LogP contribution in [0.15, 0.2) is 53.8 Å². The van der Waals surface area contributed by atoms with Crippen LogP contribution in [0.4, 0.5) is 0 Å². The van der Waals surface area contributed by atoms with Crippen molar-refractivity contribution in [3.63, 3.8) is 0 Å². The minimum atomic E-state index is -0.217. The Bertz CT molecular complexity index is 677. The van der Waals surface area contributed by atoms with Gasteiger partial charge in [-0.15, -0.1) is 0 Å². The molecule has 0 spiro atoms. The van der Waals surface area contributed by atoms with Crippen molar-refractivity contribution in [1.82, 2.24) is 16.0 Å². The van der Waals surface area contributed by atoms with Gasteiger partial charge in [-0.25, -0.2) is 0 Å². The van der Waals surface area contributed by atoms with Crippen molar-refractivity contribution in [2.45, 2.75) is 25.3 Å². The predicted octanol–water partition coefficient (Wildman–Crippen LogP) is 1.59. The van der Waals surface area contributed by atoms with Crippen LogP contribution in [0.5, 0.6) is 0 Å². The lowest BCUT2D eigenvalue weighted by Crippen LogP contribution is -2.38. The zero-order chi connectivity index (χ0) is 20.2. The van der Waals surface area contributed by atoms with Crippen LogP contribution in [0.25, 0.3) is 0 Å². The van der Waals surface area contributed by atoms with E-state index in [0.717, 1.165) is 43.9 Å². The fraction of sp³-hybridized carbons (Fsp3) is 0.455.